The number of fused-ring (bicyclic) bond motifs is 2. The summed E-state index contributed by atoms with van der Waals surface area (Å²) in [5.41, 5.74) is 9.85. The van der Waals surface area contributed by atoms with E-state index >= 15 is 0 Å². The highest BCUT2D eigenvalue weighted by atomic mass is 32.1. The number of amides is 2. The van der Waals surface area contributed by atoms with Crippen molar-refractivity contribution in [2.45, 2.75) is 32.6 Å². The van der Waals surface area contributed by atoms with E-state index in [1.807, 2.05) is 36.7 Å². The number of aromatic nitrogens is 1. The molecule has 26 heavy (non-hydrogen) atoms. The third-order valence-electron chi connectivity index (χ3n) is 5.08. The van der Waals surface area contributed by atoms with Crippen molar-refractivity contribution in [2.24, 2.45) is 12.8 Å². The van der Waals surface area contributed by atoms with Gasteiger partial charge in [-0.1, -0.05) is 11.6 Å². The SMILES string of the molecule is Cc1ccc2c(c1)cc(C(=O)Nc1sc3c(c1C(N)=O)CCCC3)n2C. The van der Waals surface area contributed by atoms with Gasteiger partial charge in [0, 0.05) is 22.8 Å². The maximum Gasteiger partial charge on any atom is 0.272 e. The Hall–Kier alpha value is -2.60. The third kappa shape index (κ3) is 2.70. The van der Waals surface area contributed by atoms with Gasteiger partial charge in [0.1, 0.15) is 10.7 Å². The highest BCUT2D eigenvalue weighted by molar-refractivity contribution is 7.17. The molecule has 0 atom stereocenters. The number of carbonyl (C=O) groups excluding carboxylic acids is 2. The van der Waals surface area contributed by atoms with Crippen molar-refractivity contribution in [3.8, 4) is 0 Å². The van der Waals surface area contributed by atoms with Gasteiger partial charge in [0.15, 0.2) is 0 Å². The first-order valence-electron chi connectivity index (χ1n) is 8.77. The number of rotatable bonds is 3. The average molecular weight is 367 g/mol. The van der Waals surface area contributed by atoms with Gasteiger partial charge in [0.05, 0.1) is 5.56 Å². The molecule has 3 N–H and O–H groups in total. The lowest BCUT2D eigenvalue weighted by molar-refractivity contribution is 0.100. The molecule has 6 heteroatoms. The van der Waals surface area contributed by atoms with Crippen molar-refractivity contribution in [3.05, 3.63) is 51.5 Å². The van der Waals surface area contributed by atoms with Crippen LogP contribution in [0.2, 0.25) is 0 Å². The van der Waals surface area contributed by atoms with Crippen LogP contribution in [0.15, 0.2) is 24.3 Å². The molecule has 2 heterocycles. The van der Waals surface area contributed by atoms with Gasteiger partial charge in [-0.05, 0) is 56.4 Å². The number of carbonyl (C=O) groups is 2. The molecule has 0 saturated heterocycles. The standard InChI is InChI=1S/C20H21N3O2S/c1-11-7-8-14-12(9-11)10-15(23(14)2)19(25)22-20-17(18(21)24)13-5-3-4-6-16(13)26-20/h7-10H,3-6H2,1-2H3,(H2,21,24)(H,22,25). The van der Waals surface area contributed by atoms with Gasteiger partial charge in [-0.15, -0.1) is 11.3 Å². The second kappa shape index (κ2) is 6.29. The van der Waals surface area contributed by atoms with Crippen LogP contribution in [-0.4, -0.2) is 16.4 Å². The Bertz CT molecular complexity index is 1050. The molecule has 1 aliphatic rings. The molecule has 0 bridgehead atoms. The predicted octanol–water partition coefficient (Wildman–Crippen LogP) is 3.78. The number of hydrogen-bond donors (Lipinski definition) is 2. The molecule has 1 aliphatic carbocycles. The van der Waals surface area contributed by atoms with Crippen LogP contribution in [0.4, 0.5) is 5.00 Å². The minimum Gasteiger partial charge on any atom is -0.365 e. The molecule has 0 fully saturated rings. The Morgan fingerprint density at radius 2 is 1.96 bits per heavy atom. The minimum atomic E-state index is -0.465. The maximum atomic E-state index is 12.9. The Morgan fingerprint density at radius 1 is 1.19 bits per heavy atom. The zero-order valence-corrected chi connectivity index (χ0v) is 15.7. The third-order valence-corrected chi connectivity index (χ3v) is 6.28. The van der Waals surface area contributed by atoms with Crippen LogP contribution >= 0.6 is 11.3 Å². The van der Waals surface area contributed by atoms with Crippen LogP contribution in [0.25, 0.3) is 10.9 Å². The van der Waals surface area contributed by atoms with Gasteiger partial charge in [-0.3, -0.25) is 9.59 Å². The van der Waals surface area contributed by atoms with Gasteiger partial charge < -0.3 is 15.6 Å². The summed E-state index contributed by atoms with van der Waals surface area (Å²) in [6.45, 7) is 2.03. The Kier molecular flexibility index (Phi) is 4.07. The van der Waals surface area contributed by atoms with Gasteiger partial charge in [-0.25, -0.2) is 0 Å². The molecule has 2 amide bonds. The first-order valence-corrected chi connectivity index (χ1v) is 9.59. The first kappa shape index (κ1) is 16.8. The van der Waals surface area contributed by atoms with E-state index in [1.54, 1.807) is 0 Å². The second-order valence-electron chi connectivity index (χ2n) is 6.88. The summed E-state index contributed by atoms with van der Waals surface area (Å²) >= 11 is 1.49. The van der Waals surface area contributed by atoms with E-state index in [1.165, 1.54) is 16.2 Å². The van der Waals surface area contributed by atoms with Gasteiger partial charge in [0.2, 0.25) is 0 Å². The van der Waals surface area contributed by atoms with Gasteiger partial charge in [-0.2, -0.15) is 0 Å². The summed E-state index contributed by atoms with van der Waals surface area (Å²) in [6, 6.07) is 7.99. The number of thiophene rings is 1. The zero-order valence-electron chi connectivity index (χ0n) is 14.9. The zero-order chi connectivity index (χ0) is 18.4. The number of aryl methyl sites for hydroxylation is 3. The molecule has 5 nitrogen and oxygen atoms in total. The molecule has 0 aliphatic heterocycles. The van der Waals surface area contributed by atoms with E-state index < -0.39 is 5.91 Å². The van der Waals surface area contributed by atoms with Crippen LogP contribution in [0, 0.1) is 6.92 Å². The summed E-state index contributed by atoms with van der Waals surface area (Å²) in [4.78, 5) is 26.1. The minimum absolute atomic E-state index is 0.220. The van der Waals surface area contributed by atoms with Crippen LogP contribution < -0.4 is 11.1 Å². The van der Waals surface area contributed by atoms with E-state index in [4.69, 9.17) is 5.73 Å². The van der Waals surface area contributed by atoms with Crippen molar-refractivity contribution < 1.29 is 9.59 Å². The van der Waals surface area contributed by atoms with Crippen LogP contribution in [-0.2, 0) is 19.9 Å². The van der Waals surface area contributed by atoms with E-state index in [0.717, 1.165) is 47.7 Å². The smallest absolute Gasteiger partial charge is 0.272 e. The summed E-state index contributed by atoms with van der Waals surface area (Å²) in [5, 5.41) is 4.55. The highest BCUT2D eigenvalue weighted by Crippen LogP contribution is 2.38. The molecule has 0 spiro atoms. The average Bonchev–Trinajstić information content (AvgIpc) is 3.12. The number of nitrogens with two attached hydrogens (primary N) is 1. The molecule has 4 rings (SSSR count). The molecule has 0 unspecified atom stereocenters. The molecule has 0 radical (unpaired) electrons. The van der Waals surface area contributed by atoms with E-state index in [0.29, 0.717) is 16.3 Å². The number of nitrogens with one attached hydrogen (secondary N) is 1. The molecule has 2 aromatic heterocycles. The quantitative estimate of drug-likeness (QED) is 0.739. The van der Waals surface area contributed by atoms with Crippen molar-refractivity contribution in [1.29, 1.82) is 0 Å². The lowest BCUT2D eigenvalue weighted by Gasteiger charge is -2.11. The van der Waals surface area contributed by atoms with Crippen molar-refractivity contribution in [3.63, 3.8) is 0 Å². The fourth-order valence-electron chi connectivity index (χ4n) is 3.77. The number of benzene rings is 1. The Morgan fingerprint density at radius 3 is 2.73 bits per heavy atom. The van der Waals surface area contributed by atoms with E-state index in [9.17, 15) is 9.59 Å². The van der Waals surface area contributed by atoms with Crippen LogP contribution in [0.1, 0.15) is 49.7 Å². The van der Waals surface area contributed by atoms with Gasteiger partial charge >= 0.3 is 0 Å². The normalized spacial score (nSPS) is 13.6. The number of nitrogens with zero attached hydrogens (tertiary/aromatic N) is 1. The summed E-state index contributed by atoms with van der Waals surface area (Å²) in [7, 11) is 1.88. The molecule has 134 valence electrons. The molecular formula is C20H21N3O2S. The largest absolute Gasteiger partial charge is 0.365 e. The number of primary amides is 1. The summed E-state index contributed by atoms with van der Waals surface area (Å²) in [5.74, 6) is -0.685. The van der Waals surface area contributed by atoms with Crippen molar-refractivity contribution in [2.75, 3.05) is 5.32 Å². The monoisotopic (exact) mass is 367 g/mol. The summed E-state index contributed by atoms with van der Waals surface area (Å²) in [6.07, 6.45) is 3.97. The van der Waals surface area contributed by atoms with E-state index in [2.05, 4.69) is 11.4 Å². The lowest BCUT2D eigenvalue weighted by Crippen LogP contribution is -2.19. The lowest BCUT2D eigenvalue weighted by atomic mass is 9.95. The molecule has 1 aromatic carbocycles. The van der Waals surface area contributed by atoms with Crippen molar-refractivity contribution in [1.82, 2.24) is 4.57 Å². The van der Waals surface area contributed by atoms with Gasteiger partial charge in [0.25, 0.3) is 11.8 Å². The van der Waals surface area contributed by atoms with Crippen molar-refractivity contribution >= 4 is 39.1 Å². The van der Waals surface area contributed by atoms with E-state index in [-0.39, 0.29) is 5.91 Å². The highest BCUT2D eigenvalue weighted by Gasteiger charge is 2.25. The maximum absolute atomic E-state index is 12.9. The molecule has 3 aromatic rings. The fourth-order valence-corrected chi connectivity index (χ4v) is 5.06. The molecular weight excluding hydrogens is 346 g/mol. The first-order chi connectivity index (χ1) is 12.5. The topological polar surface area (TPSA) is 77.1 Å². The summed E-state index contributed by atoms with van der Waals surface area (Å²) < 4.78 is 1.88. The predicted molar refractivity (Wildman–Crippen MR) is 105 cm³/mol. The van der Waals surface area contributed by atoms with Crippen LogP contribution in [0.3, 0.4) is 0 Å². The fraction of sp³-hybridized carbons (Fsp3) is 0.300. The Labute approximate surface area is 155 Å². The second-order valence-corrected chi connectivity index (χ2v) is 7.99. The Balaban J connectivity index is 1.72. The van der Waals surface area contributed by atoms with Crippen LogP contribution in [0.5, 0.6) is 0 Å². The number of anilines is 1. The number of hydrogen-bond acceptors (Lipinski definition) is 3. The molecule has 0 saturated carbocycles.